The van der Waals surface area contributed by atoms with E-state index in [1.165, 1.54) is 4.90 Å². The van der Waals surface area contributed by atoms with Crippen LogP contribution in [0.5, 0.6) is 0 Å². The predicted molar refractivity (Wildman–Crippen MR) is 69.4 cm³/mol. The lowest BCUT2D eigenvalue weighted by molar-refractivity contribution is -0.108. The van der Waals surface area contributed by atoms with Gasteiger partial charge in [-0.15, -0.1) is 0 Å². The molecule has 1 atom stereocenters. The monoisotopic (exact) mass is 267 g/mol. The first kappa shape index (κ1) is 12.7. The van der Waals surface area contributed by atoms with Gasteiger partial charge in [0.25, 0.3) is 0 Å². The summed E-state index contributed by atoms with van der Waals surface area (Å²) in [5.74, 6) is 0. The fourth-order valence-electron chi connectivity index (χ4n) is 2.24. The van der Waals surface area contributed by atoms with Crippen molar-refractivity contribution in [3.8, 4) is 0 Å². The number of nitrogens with two attached hydrogens (primary N) is 1. The molecule has 0 saturated carbocycles. The Morgan fingerprint density at radius 2 is 2.28 bits per heavy atom. The number of anilines is 1. The summed E-state index contributed by atoms with van der Waals surface area (Å²) in [7, 11) is 1.66. The maximum Gasteiger partial charge on any atom is 0.323 e. The molecule has 5 nitrogen and oxygen atoms in total. The van der Waals surface area contributed by atoms with Crippen LogP contribution in [0.1, 0.15) is 11.1 Å². The lowest BCUT2D eigenvalue weighted by Crippen LogP contribution is -2.43. The largest absolute Gasteiger partial charge is 0.398 e. The number of fused-ring (bicyclic) bond motifs is 1. The molecule has 0 bridgehead atoms. The molecule has 1 aromatic rings. The summed E-state index contributed by atoms with van der Waals surface area (Å²) >= 11 is 6.15. The molecule has 0 heterocycles. The maximum absolute atomic E-state index is 11.6. The van der Waals surface area contributed by atoms with Gasteiger partial charge in [-0.3, -0.25) is 10.1 Å². The third kappa shape index (κ3) is 2.13. The van der Waals surface area contributed by atoms with Crippen LogP contribution in [0, 0.1) is 0 Å². The normalized spacial score (nSPS) is 17.1. The number of nitrogens with one attached hydrogen (secondary N) is 1. The number of nitrogen functional groups attached to an aromatic ring is 1. The van der Waals surface area contributed by atoms with E-state index in [2.05, 4.69) is 5.32 Å². The molecule has 18 heavy (non-hydrogen) atoms. The van der Waals surface area contributed by atoms with E-state index in [1.54, 1.807) is 13.1 Å². The summed E-state index contributed by atoms with van der Waals surface area (Å²) in [6.07, 6.45) is 1.76. The highest BCUT2D eigenvalue weighted by atomic mass is 35.5. The Bertz CT molecular complexity index is 504. The van der Waals surface area contributed by atoms with Crippen LogP contribution in [0.15, 0.2) is 12.1 Å². The Balaban J connectivity index is 2.17. The summed E-state index contributed by atoms with van der Waals surface area (Å²) < 4.78 is 0. The summed E-state index contributed by atoms with van der Waals surface area (Å²) in [5, 5.41) is 2.69. The van der Waals surface area contributed by atoms with E-state index < -0.39 is 6.03 Å². The van der Waals surface area contributed by atoms with Crippen LogP contribution in [-0.4, -0.2) is 30.4 Å². The molecule has 96 valence electrons. The zero-order valence-electron chi connectivity index (χ0n) is 9.94. The van der Waals surface area contributed by atoms with E-state index in [4.69, 9.17) is 17.3 Å². The first-order chi connectivity index (χ1) is 8.54. The van der Waals surface area contributed by atoms with Crippen molar-refractivity contribution in [1.82, 2.24) is 10.2 Å². The summed E-state index contributed by atoms with van der Waals surface area (Å²) in [6, 6.07) is 3.29. The lowest BCUT2D eigenvalue weighted by atomic mass is 10.1. The van der Waals surface area contributed by atoms with Crippen molar-refractivity contribution in [1.29, 1.82) is 0 Å². The van der Waals surface area contributed by atoms with Crippen LogP contribution in [-0.2, 0) is 17.6 Å². The van der Waals surface area contributed by atoms with Gasteiger partial charge < -0.3 is 10.6 Å². The van der Waals surface area contributed by atoms with Gasteiger partial charge in [-0.25, -0.2) is 4.79 Å². The maximum atomic E-state index is 11.6. The standard InChI is InChI=1S/C12H14ClN3O2/c1-16(12(18)15-6-17)8-4-7-2-3-10(14)11(13)9(7)5-8/h2-3,6,8H,4-5,14H2,1H3,(H,15,17,18). The molecular weight excluding hydrogens is 254 g/mol. The van der Waals surface area contributed by atoms with Gasteiger partial charge in [0, 0.05) is 13.1 Å². The topological polar surface area (TPSA) is 75.4 Å². The Morgan fingerprint density at radius 3 is 2.94 bits per heavy atom. The fraction of sp³-hybridized carbons (Fsp3) is 0.333. The van der Waals surface area contributed by atoms with E-state index >= 15 is 0 Å². The molecular formula is C12H14ClN3O2. The molecule has 0 aliphatic heterocycles. The molecule has 1 aromatic carbocycles. The SMILES string of the molecule is CN(C(=O)NC=O)C1Cc2ccc(N)c(Cl)c2C1. The van der Waals surface area contributed by atoms with Crippen molar-refractivity contribution < 1.29 is 9.59 Å². The van der Waals surface area contributed by atoms with Gasteiger partial charge in [-0.1, -0.05) is 17.7 Å². The number of urea groups is 1. The van der Waals surface area contributed by atoms with Crippen LogP contribution in [0.25, 0.3) is 0 Å². The number of carbonyl (C=O) groups is 2. The number of imide groups is 1. The highest BCUT2D eigenvalue weighted by Crippen LogP contribution is 2.34. The molecule has 0 saturated heterocycles. The number of hydrogen-bond donors (Lipinski definition) is 2. The van der Waals surface area contributed by atoms with Gasteiger partial charge >= 0.3 is 6.03 Å². The van der Waals surface area contributed by atoms with E-state index in [0.29, 0.717) is 23.5 Å². The number of amides is 3. The van der Waals surface area contributed by atoms with Crippen LogP contribution in [0.2, 0.25) is 5.02 Å². The number of rotatable bonds is 2. The minimum Gasteiger partial charge on any atom is -0.398 e. The number of halogens is 1. The Kier molecular flexibility index (Phi) is 3.43. The molecule has 3 N–H and O–H groups in total. The molecule has 0 aromatic heterocycles. The zero-order chi connectivity index (χ0) is 13.3. The Morgan fingerprint density at radius 1 is 1.56 bits per heavy atom. The number of likely N-dealkylation sites (N-methyl/N-ethyl adjacent to an activating group) is 1. The third-order valence-electron chi connectivity index (χ3n) is 3.32. The van der Waals surface area contributed by atoms with Crippen molar-refractivity contribution in [2.45, 2.75) is 18.9 Å². The number of hydrogen-bond acceptors (Lipinski definition) is 3. The van der Waals surface area contributed by atoms with Gasteiger partial charge in [-0.05, 0) is 30.0 Å². The molecule has 2 rings (SSSR count). The number of nitrogens with zero attached hydrogens (tertiary/aromatic N) is 1. The molecule has 1 aliphatic carbocycles. The average Bonchev–Trinajstić information content (AvgIpc) is 2.78. The molecule has 0 spiro atoms. The van der Waals surface area contributed by atoms with Crippen molar-refractivity contribution in [2.75, 3.05) is 12.8 Å². The van der Waals surface area contributed by atoms with Crippen molar-refractivity contribution in [3.63, 3.8) is 0 Å². The van der Waals surface area contributed by atoms with Crippen LogP contribution in [0.3, 0.4) is 0 Å². The van der Waals surface area contributed by atoms with Gasteiger partial charge in [0.05, 0.1) is 10.7 Å². The molecule has 0 fully saturated rings. The van der Waals surface area contributed by atoms with E-state index in [1.807, 2.05) is 6.07 Å². The van der Waals surface area contributed by atoms with Crippen LogP contribution < -0.4 is 11.1 Å². The zero-order valence-corrected chi connectivity index (χ0v) is 10.7. The predicted octanol–water partition coefficient (Wildman–Crippen LogP) is 1.19. The second-order valence-electron chi connectivity index (χ2n) is 4.35. The van der Waals surface area contributed by atoms with Gasteiger partial charge in [0.1, 0.15) is 0 Å². The van der Waals surface area contributed by atoms with Crippen molar-refractivity contribution >= 4 is 29.7 Å². The summed E-state index contributed by atoms with van der Waals surface area (Å²) in [4.78, 5) is 23.3. The summed E-state index contributed by atoms with van der Waals surface area (Å²) in [5.41, 5.74) is 8.40. The first-order valence-electron chi connectivity index (χ1n) is 5.57. The molecule has 1 unspecified atom stereocenters. The van der Waals surface area contributed by atoms with Crippen molar-refractivity contribution in [3.05, 3.63) is 28.3 Å². The second-order valence-corrected chi connectivity index (χ2v) is 4.72. The molecule has 6 heteroatoms. The minimum absolute atomic E-state index is 0.000694. The van der Waals surface area contributed by atoms with E-state index in [-0.39, 0.29) is 6.04 Å². The Hall–Kier alpha value is -1.75. The number of carbonyl (C=O) groups excluding carboxylic acids is 2. The van der Waals surface area contributed by atoms with Gasteiger partial charge in [0.15, 0.2) is 0 Å². The van der Waals surface area contributed by atoms with Crippen LogP contribution in [0.4, 0.5) is 10.5 Å². The Labute approximate surface area is 110 Å². The average molecular weight is 268 g/mol. The fourth-order valence-corrected chi connectivity index (χ4v) is 2.51. The highest BCUT2D eigenvalue weighted by molar-refractivity contribution is 6.34. The van der Waals surface area contributed by atoms with Crippen LogP contribution >= 0.6 is 11.6 Å². The quantitative estimate of drug-likeness (QED) is 0.624. The second kappa shape index (κ2) is 4.86. The van der Waals surface area contributed by atoms with E-state index in [9.17, 15) is 9.59 Å². The van der Waals surface area contributed by atoms with Gasteiger partial charge in [0.2, 0.25) is 6.41 Å². The molecule has 3 amide bonds. The number of benzene rings is 1. The summed E-state index contributed by atoms with van der Waals surface area (Å²) in [6.45, 7) is 0. The third-order valence-corrected chi connectivity index (χ3v) is 3.76. The minimum atomic E-state index is -0.410. The smallest absolute Gasteiger partial charge is 0.323 e. The van der Waals surface area contributed by atoms with Crippen molar-refractivity contribution in [2.24, 2.45) is 0 Å². The van der Waals surface area contributed by atoms with E-state index in [0.717, 1.165) is 17.5 Å². The molecule has 1 aliphatic rings. The molecule has 0 radical (unpaired) electrons. The highest BCUT2D eigenvalue weighted by Gasteiger charge is 2.29. The lowest BCUT2D eigenvalue weighted by Gasteiger charge is -2.23. The first-order valence-corrected chi connectivity index (χ1v) is 5.95. The van der Waals surface area contributed by atoms with Gasteiger partial charge in [-0.2, -0.15) is 0 Å².